The van der Waals surface area contributed by atoms with Gasteiger partial charge in [0.05, 0.1) is 6.54 Å². The minimum atomic E-state index is -0.232. The van der Waals surface area contributed by atoms with Crippen LogP contribution in [0.2, 0.25) is 0 Å². The Morgan fingerprint density at radius 1 is 1.85 bits per heavy atom. The van der Waals surface area contributed by atoms with E-state index in [1.54, 1.807) is 13.0 Å². The van der Waals surface area contributed by atoms with Crippen LogP contribution in [-0.2, 0) is 0 Å². The molecule has 0 aliphatic rings. The minimum absolute atomic E-state index is 0.232. The van der Waals surface area contributed by atoms with Crippen LogP contribution in [0.15, 0.2) is 10.7 Å². The molecule has 0 unspecified atom stereocenters. The number of aromatic nitrogens is 2. The Bertz CT molecular complexity index is 361. The molecule has 0 spiro atoms. The fourth-order valence-electron chi connectivity index (χ4n) is 0.718. The molecule has 0 radical (unpaired) electrons. The molecular formula is C8H8BrN3O. The lowest BCUT2D eigenvalue weighted by Crippen LogP contribution is -2.23. The van der Waals surface area contributed by atoms with Gasteiger partial charge < -0.3 is 5.32 Å². The largest absolute Gasteiger partial charge is 0.340 e. The van der Waals surface area contributed by atoms with Crippen molar-refractivity contribution in [2.24, 2.45) is 0 Å². The van der Waals surface area contributed by atoms with Crippen molar-refractivity contribution in [3.8, 4) is 11.8 Å². The fourth-order valence-corrected chi connectivity index (χ4v) is 1.02. The molecule has 1 aromatic heterocycles. The van der Waals surface area contributed by atoms with E-state index in [9.17, 15) is 4.79 Å². The highest BCUT2D eigenvalue weighted by molar-refractivity contribution is 9.10. The smallest absolute Gasteiger partial charge is 0.272 e. The van der Waals surface area contributed by atoms with Crippen molar-refractivity contribution in [2.75, 3.05) is 6.54 Å². The Labute approximate surface area is 84.2 Å². The van der Waals surface area contributed by atoms with Gasteiger partial charge in [-0.1, -0.05) is 5.92 Å². The first-order valence-corrected chi connectivity index (χ1v) is 4.42. The second-order valence-corrected chi connectivity index (χ2v) is 3.06. The highest BCUT2D eigenvalue weighted by Crippen LogP contribution is 2.05. The Hall–Kier alpha value is -1.28. The third-order valence-corrected chi connectivity index (χ3v) is 1.70. The molecule has 0 saturated carbocycles. The molecule has 4 nitrogen and oxygen atoms in total. The van der Waals surface area contributed by atoms with Gasteiger partial charge in [0.15, 0.2) is 5.69 Å². The number of hydrogen-bond acceptors (Lipinski definition) is 2. The van der Waals surface area contributed by atoms with Gasteiger partial charge >= 0.3 is 0 Å². The van der Waals surface area contributed by atoms with Crippen LogP contribution in [0.3, 0.4) is 0 Å². The highest BCUT2D eigenvalue weighted by atomic mass is 79.9. The summed E-state index contributed by atoms with van der Waals surface area (Å²) in [6, 6.07) is 1.61. The molecule has 0 bridgehead atoms. The number of carbonyl (C=O) groups excluding carboxylic acids is 1. The normalized spacial score (nSPS) is 8.77. The van der Waals surface area contributed by atoms with Gasteiger partial charge in [-0.05, 0) is 22.9 Å². The molecule has 1 amide bonds. The van der Waals surface area contributed by atoms with Crippen LogP contribution in [-0.4, -0.2) is 22.6 Å². The summed E-state index contributed by atoms with van der Waals surface area (Å²) in [6.45, 7) is 2.07. The van der Waals surface area contributed by atoms with Crippen molar-refractivity contribution in [2.45, 2.75) is 6.92 Å². The van der Waals surface area contributed by atoms with E-state index in [-0.39, 0.29) is 5.91 Å². The van der Waals surface area contributed by atoms with Gasteiger partial charge in [-0.3, -0.25) is 9.89 Å². The zero-order valence-corrected chi connectivity index (χ0v) is 8.60. The molecular weight excluding hydrogens is 234 g/mol. The molecule has 1 rings (SSSR count). The third-order valence-electron chi connectivity index (χ3n) is 1.29. The number of nitrogens with zero attached hydrogens (tertiary/aromatic N) is 1. The summed E-state index contributed by atoms with van der Waals surface area (Å²) in [5.74, 6) is 5.17. The van der Waals surface area contributed by atoms with Crippen LogP contribution in [0.4, 0.5) is 0 Å². The molecule has 5 heteroatoms. The standard InChI is InChI=1S/C8H8BrN3O/c1-2-3-4-10-8(13)6-5-7(9)12-11-6/h5H,4H2,1H3,(H,10,13)(H,11,12). The lowest BCUT2D eigenvalue weighted by Gasteiger charge is -1.94. The molecule has 0 saturated heterocycles. The summed E-state index contributed by atoms with van der Waals surface area (Å²) in [4.78, 5) is 11.3. The number of nitrogens with one attached hydrogen (secondary N) is 2. The van der Waals surface area contributed by atoms with Crippen LogP contribution in [0.1, 0.15) is 17.4 Å². The summed E-state index contributed by atoms with van der Waals surface area (Å²) in [7, 11) is 0. The molecule has 1 heterocycles. The van der Waals surface area contributed by atoms with Gasteiger partial charge in [-0.15, -0.1) is 5.92 Å². The predicted molar refractivity (Wildman–Crippen MR) is 52.1 cm³/mol. The molecule has 2 N–H and O–H groups in total. The number of amides is 1. The summed E-state index contributed by atoms with van der Waals surface area (Å²) in [5.41, 5.74) is 0.352. The third kappa shape index (κ3) is 2.92. The van der Waals surface area contributed by atoms with Crippen molar-refractivity contribution < 1.29 is 4.79 Å². The molecule has 0 aliphatic heterocycles. The lowest BCUT2D eigenvalue weighted by molar-refractivity contribution is 0.0953. The first-order valence-electron chi connectivity index (χ1n) is 3.62. The number of H-pyrrole nitrogens is 1. The Morgan fingerprint density at radius 3 is 3.15 bits per heavy atom. The maximum absolute atomic E-state index is 11.3. The monoisotopic (exact) mass is 241 g/mol. The van der Waals surface area contributed by atoms with Crippen molar-refractivity contribution in [3.63, 3.8) is 0 Å². The van der Waals surface area contributed by atoms with Crippen LogP contribution in [0.5, 0.6) is 0 Å². The molecule has 0 atom stereocenters. The van der Waals surface area contributed by atoms with E-state index in [0.717, 1.165) is 0 Å². The van der Waals surface area contributed by atoms with Gasteiger partial charge in [-0.2, -0.15) is 5.10 Å². The summed E-state index contributed by atoms with van der Waals surface area (Å²) < 4.78 is 0.680. The van der Waals surface area contributed by atoms with E-state index < -0.39 is 0 Å². The average Bonchev–Trinajstić information content (AvgIpc) is 2.52. The highest BCUT2D eigenvalue weighted by Gasteiger charge is 2.07. The second kappa shape index (κ2) is 4.67. The van der Waals surface area contributed by atoms with E-state index in [1.807, 2.05) is 0 Å². The molecule has 1 aromatic rings. The maximum atomic E-state index is 11.3. The number of halogens is 1. The van der Waals surface area contributed by atoms with Gasteiger partial charge in [0.1, 0.15) is 4.60 Å². The first-order chi connectivity index (χ1) is 6.24. The van der Waals surface area contributed by atoms with Gasteiger partial charge in [0.2, 0.25) is 0 Å². The fraction of sp³-hybridized carbons (Fsp3) is 0.250. The van der Waals surface area contributed by atoms with Gasteiger partial charge in [0, 0.05) is 6.07 Å². The van der Waals surface area contributed by atoms with Crippen LogP contribution < -0.4 is 5.32 Å². The summed E-state index contributed by atoms with van der Waals surface area (Å²) >= 11 is 3.16. The molecule has 0 aromatic carbocycles. The topological polar surface area (TPSA) is 57.8 Å². The number of rotatable bonds is 2. The van der Waals surface area contributed by atoms with Crippen molar-refractivity contribution in [1.82, 2.24) is 15.5 Å². The zero-order chi connectivity index (χ0) is 9.68. The number of hydrogen-bond donors (Lipinski definition) is 2. The minimum Gasteiger partial charge on any atom is -0.340 e. The van der Waals surface area contributed by atoms with Crippen LogP contribution in [0, 0.1) is 11.8 Å². The molecule has 0 fully saturated rings. The van der Waals surface area contributed by atoms with E-state index in [0.29, 0.717) is 16.8 Å². The van der Waals surface area contributed by atoms with Crippen LogP contribution in [0.25, 0.3) is 0 Å². The Kier molecular flexibility index (Phi) is 3.53. The van der Waals surface area contributed by atoms with Crippen molar-refractivity contribution >= 4 is 21.8 Å². The second-order valence-electron chi connectivity index (χ2n) is 2.21. The predicted octanol–water partition coefficient (Wildman–Crippen LogP) is 0.925. The maximum Gasteiger partial charge on any atom is 0.272 e. The van der Waals surface area contributed by atoms with E-state index >= 15 is 0 Å². The molecule has 68 valence electrons. The number of aromatic amines is 1. The first kappa shape index (κ1) is 9.81. The van der Waals surface area contributed by atoms with E-state index in [4.69, 9.17) is 0 Å². The average molecular weight is 242 g/mol. The van der Waals surface area contributed by atoms with E-state index in [1.165, 1.54) is 0 Å². The molecule has 0 aliphatic carbocycles. The summed E-state index contributed by atoms with van der Waals surface area (Å²) in [5, 5.41) is 8.97. The van der Waals surface area contributed by atoms with Crippen molar-refractivity contribution in [3.05, 3.63) is 16.4 Å². The Balaban J connectivity index is 2.52. The van der Waals surface area contributed by atoms with Gasteiger partial charge in [0.25, 0.3) is 5.91 Å². The SMILES string of the molecule is CC#CCNC(=O)c1cc(Br)[nH]n1. The quantitative estimate of drug-likeness (QED) is 0.758. The Morgan fingerprint density at radius 2 is 2.62 bits per heavy atom. The van der Waals surface area contributed by atoms with Crippen LogP contribution >= 0.6 is 15.9 Å². The van der Waals surface area contributed by atoms with Crippen molar-refractivity contribution in [1.29, 1.82) is 0 Å². The summed E-state index contributed by atoms with van der Waals surface area (Å²) in [6.07, 6.45) is 0. The molecule has 13 heavy (non-hydrogen) atoms. The lowest BCUT2D eigenvalue weighted by atomic mass is 10.4. The van der Waals surface area contributed by atoms with Gasteiger partial charge in [-0.25, -0.2) is 0 Å². The number of carbonyl (C=O) groups is 1. The van der Waals surface area contributed by atoms with E-state index in [2.05, 4.69) is 43.3 Å². The zero-order valence-electron chi connectivity index (χ0n) is 7.02.